The highest BCUT2D eigenvalue weighted by atomic mass is 32.1. The van der Waals surface area contributed by atoms with Crippen LogP contribution in [-0.4, -0.2) is 5.11 Å². The molecule has 0 bridgehead atoms. The van der Waals surface area contributed by atoms with Gasteiger partial charge in [-0.05, 0) is 29.1 Å². The molecule has 0 radical (unpaired) electrons. The van der Waals surface area contributed by atoms with E-state index < -0.39 is 0 Å². The second-order valence-electron chi connectivity index (χ2n) is 2.97. The van der Waals surface area contributed by atoms with Crippen LogP contribution in [0.1, 0.15) is 11.1 Å². The predicted octanol–water partition coefficient (Wildman–Crippen LogP) is 1.85. The van der Waals surface area contributed by atoms with Crippen LogP contribution in [0.25, 0.3) is 10.1 Å². The van der Waals surface area contributed by atoms with Gasteiger partial charge < -0.3 is 10.8 Å². The van der Waals surface area contributed by atoms with Crippen LogP contribution < -0.4 is 5.73 Å². The van der Waals surface area contributed by atoms with Gasteiger partial charge in [-0.25, -0.2) is 0 Å². The number of benzene rings is 1. The molecular formula is C10H8N2OS. The fourth-order valence-corrected chi connectivity index (χ4v) is 2.24. The van der Waals surface area contributed by atoms with Crippen LogP contribution in [0.15, 0.2) is 18.2 Å². The van der Waals surface area contributed by atoms with Gasteiger partial charge in [0.05, 0.1) is 23.2 Å². The zero-order valence-electron chi connectivity index (χ0n) is 7.32. The van der Waals surface area contributed by atoms with E-state index in [0.29, 0.717) is 11.1 Å². The zero-order valence-corrected chi connectivity index (χ0v) is 8.14. The number of thiophene rings is 1. The maximum Gasteiger partial charge on any atom is 0.0995 e. The third kappa shape index (κ3) is 1.33. The zero-order chi connectivity index (χ0) is 10.1. The first-order chi connectivity index (χ1) is 6.74. The minimum Gasteiger partial charge on any atom is -0.392 e. The number of aliphatic hydroxyl groups is 1. The maximum absolute atomic E-state index is 9.04. The average Bonchev–Trinajstić information content (AvgIpc) is 2.54. The summed E-state index contributed by atoms with van der Waals surface area (Å²) in [5, 5.41) is 19.6. The quantitative estimate of drug-likeness (QED) is 0.744. The lowest BCUT2D eigenvalue weighted by Crippen LogP contribution is -1.88. The molecule has 14 heavy (non-hydrogen) atoms. The molecule has 3 N–H and O–H groups in total. The van der Waals surface area contributed by atoms with Gasteiger partial charge in [0.25, 0.3) is 0 Å². The van der Waals surface area contributed by atoms with Gasteiger partial charge in [-0.15, -0.1) is 11.3 Å². The fourth-order valence-electron chi connectivity index (χ4n) is 1.39. The molecule has 4 heteroatoms. The van der Waals surface area contributed by atoms with Crippen molar-refractivity contribution in [2.24, 2.45) is 0 Å². The highest BCUT2D eigenvalue weighted by molar-refractivity contribution is 7.22. The lowest BCUT2D eigenvalue weighted by molar-refractivity contribution is 0.281. The number of fused-ring (bicyclic) bond motifs is 1. The first kappa shape index (κ1) is 9.00. The van der Waals surface area contributed by atoms with Gasteiger partial charge in [-0.1, -0.05) is 0 Å². The molecule has 70 valence electrons. The van der Waals surface area contributed by atoms with Crippen molar-refractivity contribution in [2.45, 2.75) is 6.61 Å². The van der Waals surface area contributed by atoms with Gasteiger partial charge >= 0.3 is 0 Å². The molecule has 0 aliphatic rings. The van der Waals surface area contributed by atoms with E-state index in [0.717, 1.165) is 15.1 Å². The summed E-state index contributed by atoms with van der Waals surface area (Å²) in [6.45, 7) is -0.116. The SMILES string of the molecule is N#Cc1cc2sc(N)cc2cc1CO. The average molecular weight is 204 g/mol. The Kier molecular flexibility index (Phi) is 2.12. The topological polar surface area (TPSA) is 70.0 Å². The fraction of sp³-hybridized carbons (Fsp3) is 0.100. The summed E-state index contributed by atoms with van der Waals surface area (Å²) in [5.41, 5.74) is 6.81. The number of nitrogens with zero attached hydrogens (tertiary/aromatic N) is 1. The summed E-state index contributed by atoms with van der Waals surface area (Å²) in [7, 11) is 0. The van der Waals surface area contributed by atoms with Gasteiger partial charge in [0.1, 0.15) is 0 Å². The summed E-state index contributed by atoms with van der Waals surface area (Å²) in [6.07, 6.45) is 0. The summed E-state index contributed by atoms with van der Waals surface area (Å²) in [5.74, 6) is 0. The van der Waals surface area contributed by atoms with Gasteiger partial charge in [0, 0.05) is 4.70 Å². The van der Waals surface area contributed by atoms with E-state index in [2.05, 4.69) is 6.07 Å². The Morgan fingerprint density at radius 3 is 2.86 bits per heavy atom. The van der Waals surface area contributed by atoms with Crippen LogP contribution in [-0.2, 0) is 6.61 Å². The Morgan fingerprint density at radius 1 is 1.43 bits per heavy atom. The number of anilines is 1. The smallest absolute Gasteiger partial charge is 0.0995 e. The van der Waals surface area contributed by atoms with E-state index in [1.54, 1.807) is 12.1 Å². The van der Waals surface area contributed by atoms with Crippen molar-refractivity contribution in [1.82, 2.24) is 0 Å². The van der Waals surface area contributed by atoms with Crippen LogP contribution in [0.2, 0.25) is 0 Å². The molecule has 0 spiro atoms. The molecule has 0 aliphatic heterocycles. The van der Waals surface area contributed by atoms with Crippen molar-refractivity contribution in [3.63, 3.8) is 0 Å². The molecule has 0 fully saturated rings. The number of aliphatic hydroxyl groups excluding tert-OH is 1. The third-order valence-corrected chi connectivity index (χ3v) is 2.98. The summed E-state index contributed by atoms with van der Waals surface area (Å²) in [4.78, 5) is 0. The predicted molar refractivity (Wildman–Crippen MR) is 56.9 cm³/mol. The Morgan fingerprint density at radius 2 is 2.21 bits per heavy atom. The van der Waals surface area contributed by atoms with Crippen molar-refractivity contribution in [3.05, 3.63) is 29.3 Å². The van der Waals surface area contributed by atoms with E-state index in [4.69, 9.17) is 16.1 Å². The number of hydrogen-bond acceptors (Lipinski definition) is 4. The molecule has 1 heterocycles. The van der Waals surface area contributed by atoms with Crippen molar-refractivity contribution in [2.75, 3.05) is 5.73 Å². The highest BCUT2D eigenvalue weighted by Gasteiger charge is 2.05. The van der Waals surface area contributed by atoms with Gasteiger partial charge in [0.2, 0.25) is 0 Å². The lowest BCUT2D eigenvalue weighted by Gasteiger charge is -1.99. The monoisotopic (exact) mass is 204 g/mol. The second-order valence-corrected chi connectivity index (χ2v) is 4.08. The van der Waals surface area contributed by atoms with Crippen LogP contribution in [0, 0.1) is 11.3 Å². The number of hydrogen-bond donors (Lipinski definition) is 2. The standard InChI is InChI=1S/C10H8N2OS/c11-4-7-2-9-6(1-8(7)5-13)3-10(12)14-9/h1-3,13H,5,12H2. The van der Waals surface area contributed by atoms with Crippen molar-refractivity contribution in [1.29, 1.82) is 5.26 Å². The normalized spacial score (nSPS) is 10.3. The van der Waals surface area contributed by atoms with E-state index in [1.165, 1.54) is 11.3 Å². The van der Waals surface area contributed by atoms with E-state index in [9.17, 15) is 0 Å². The Balaban J connectivity index is 2.76. The summed E-state index contributed by atoms with van der Waals surface area (Å²) in [6, 6.07) is 7.47. The Hall–Kier alpha value is -1.57. The molecule has 1 aromatic heterocycles. The molecule has 1 aromatic carbocycles. The van der Waals surface area contributed by atoms with Crippen LogP contribution in [0.3, 0.4) is 0 Å². The molecule has 0 saturated carbocycles. The molecule has 2 rings (SSSR count). The Bertz CT molecular complexity index is 525. The van der Waals surface area contributed by atoms with Gasteiger partial charge in [-0.3, -0.25) is 0 Å². The first-order valence-electron chi connectivity index (χ1n) is 4.07. The second kappa shape index (κ2) is 3.29. The minimum absolute atomic E-state index is 0.116. The van der Waals surface area contributed by atoms with Crippen LogP contribution in [0.4, 0.5) is 5.00 Å². The van der Waals surface area contributed by atoms with Crippen molar-refractivity contribution < 1.29 is 5.11 Å². The van der Waals surface area contributed by atoms with E-state index in [-0.39, 0.29) is 6.61 Å². The molecule has 3 nitrogen and oxygen atoms in total. The molecule has 0 aliphatic carbocycles. The summed E-state index contributed by atoms with van der Waals surface area (Å²) >= 11 is 1.45. The minimum atomic E-state index is -0.116. The third-order valence-electron chi connectivity index (χ3n) is 2.05. The van der Waals surface area contributed by atoms with Crippen LogP contribution >= 0.6 is 11.3 Å². The van der Waals surface area contributed by atoms with Gasteiger partial charge in [-0.2, -0.15) is 5.26 Å². The molecule has 2 aromatic rings. The molecule has 0 amide bonds. The van der Waals surface area contributed by atoms with Crippen molar-refractivity contribution in [3.8, 4) is 6.07 Å². The number of rotatable bonds is 1. The molecular weight excluding hydrogens is 196 g/mol. The first-order valence-corrected chi connectivity index (χ1v) is 4.89. The number of nitrogens with two attached hydrogens (primary N) is 1. The highest BCUT2D eigenvalue weighted by Crippen LogP contribution is 2.29. The number of nitriles is 1. The molecule has 0 unspecified atom stereocenters. The summed E-state index contributed by atoms with van der Waals surface area (Å²) < 4.78 is 0.983. The van der Waals surface area contributed by atoms with Gasteiger partial charge in [0.15, 0.2) is 0 Å². The molecule has 0 saturated heterocycles. The number of nitrogen functional groups attached to an aromatic ring is 1. The van der Waals surface area contributed by atoms with E-state index in [1.807, 2.05) is 6.07 Å². The lowest BCUT2D eigenvalue weighted by atomic mass is 10.1. The Labute approximate surface area is 85.0 Å². The largest absolute Gasteiger partial charge is 0.392 e. The molecule has 0 atom stereocenters. The van der Waals surface area contributed by atoms with Crippen molar-refractivity contribution >= 4 is 26.4 Å². The maximum atomic E-state index is 9.04. The van der Waals surface area contributed by atoms with Crippen LogP contribution in [0.5, 0.6) is 0 Å². The van der Waals surface area contributed by atoms with E-state index >= 15 is 0 Å².